The van der Waals surface area contributed by atoms with Gasteiger partial charge in [-0.25, -0.2) is 0 Å². The number of halogens is 1. The van der Waals surface area contributed by atoms with Gasteiger partial charge in [0.05, 0.1) is 6.54 Å². The standard InChI is InChI=1S/C13H19ClN2O/c1-9-10(14)6-5-7-11(9)16-12(17)8-15-13(2,3)4/h5-7,15H,8H2,1-4H3,(H,16,17). The van der Waals surface area contributed by atoms with E-state index in [1.807, 2.05) is 39.8 Å². The molecule has 17 heavy (non-hydrogen) atoms. The summed E-state index contributed by atoms with van der Waals surface area (Å²) in [5.41, 5.74) is 1.58. The van der Waals surface area contributed by atoms with E-state index >= 15 is 0 Å². The van der Waals surface area contributed by atoms with Gasteiger partial charge in [-0.3, -0.25) is 4.79 Å². The quantitative estimate of drug-likeness (QED) is 0.871. The van der Waals surface area contributed by atoms with Gasteiger partial charge in [-0.1, -0.05) is 17.7 Å². The molecule has 0 aliphatic rings. The van der Waals surface area contributed by atoms with Crippen LogP contribution in [0.1, 0.15) is 26.3 Å². The number of rotatable bonds is 3. The molecule has 2 N–H and O–H groups in total. The van der Waals surface area contributed by atoms with Gasteiger partial charge in [0.1, 0.15) is 0 Å². The van der Waals surface area contributed by atoms with Crippen LogP contribution >= 0.6 is 11.6 Å². The van der Waals surface area contributed by atoms with Crippen molar-refractivity contribution in [2.75, 3.05) is 11.9 Å². The van der Waals surface area contributed by atoms with Crippen molar-refractivity contribution in [3.63, 3.8) is 0 Å². The Morgan fingerprint density at radius 1 is 1.35 bits per heavy atom. The number of carbonyl (C=O) groups is 1. The zero-order chi connectivity index (χ0) is 13.1. The number of hydrogen-bond acceptors (Lipinski definition) is 2. The summed E-state index contributed by atoms with van der Waals surface area (Å²) in [4.78, 5) is 11.7. The van der Waals surface area contributed by atoms with Gasteiger partial charge in [0.25, 0.3) is 0 Å². The molecule has 1 aromatic carbocycles. The van der Waals surface area contributed by atoms with Crippen LogP contribution in [-0.4, -0.2) is 18.0 Å². The lowest BCUT2D eigenvalue weighted by atomic mass is 10.1. The van der Waals surface area contributed by atoms with Gasteiger partial charge in [-0.05, 0) is 45.4 Å². The zero-order valence-corrected chi connectivity index (χ0v) is 11.5. The molecule has 0 aliphatic heterocycles. The second-order valence-corrected chi connectivity index (χ2v) is 5.47. The number of amides is 1. The molecule has 0 radical (unpaired) electrons. The molecule has 0 heterocycles. The van der Waals surface area contributed by atoms with Gasteiger partial charge in [0, 0.05) is 16.2 Å². The number of carbonyl (C=O) groups excluding carboxylic acids is 1. The zero-order valence-electron chi connectivity index (χ0n) is 10.7. The molecule has 0 aromatic heterocycles. The minimum absolute atomic E-state index is 0.0645. The maximum absolute atomic E-state index is 11.7. The summed E-state index contributed by atoms with van der Waals surface area (Å²) in [6.45, 7) is 8.23. The Morgan fingerprint density at radius 3 is 2.59 bits per heavy atom. The Labute approximate surface area is 108 Å². The van der Waals surface area contributed by atoms with Gasteiger partial charge in [-0.15, -0.1) is 0 Å². The SMILES string of the molecule is Cc1c(Cl)cccc1NC(=O)CNC(C)(C)C. The topological polar surface area (TPSA) is 41.1 Å². The molecule has 1 rings (SSSR count). The molecule has 0 saturated heterocycles. The van der Waals surface area contributed by atoms with Crippen molar-refractivity contribution < 1.29 is 4.79 Å². The normalized spacial score (nSPS) is 11.4. The van der Waals surface area contributed by atoms with Gasteiger partial charge < -0.3 is 10.6 Å². The largest absolute Gasteiger partial charge is 0.325 e. The van der Waals surface area contributed by atoms with E-state index in [0.717, 1.165) is 11.3 Å². The number of benzene rings is 1. The molecule has 0 fully saturated rings. The van der Waals surface area contributed by atoms with Gasteiger partial charge in [0.15, 0.2) is 0 Å². The van der Waals surface area contributed by atoms with E-state index in [9.17, 15) is 4.79 Å². The maximum Gasteiger partial charge on any atom is 0.238 e. The Bertz CT molecular complexity index is 410. The third-order valence-corrected chi connectivity index (χ3v) is 2.73. The highest BCUT2D eigenvalue weighted by Gasteiger charge is 2.12. The van der Waals surface area contributed by atoms with Crippen LogP contribution < -0.4 is 10.6 Å². The first kappa shape index (κ1) is 14.0. The van der Waals surface area contributed by atoms with E-state index in [4.69, 9.17) is 11.6 Å². The van der Waals surface area contributed by atoms with Crippen molar-refractivity contribution >= 4 is 23.2 Å². The highest BCUT2D eigenvalue weighted by atomic mass is 35.5. The summed E-state index contributed by atoms with van der Waals surface area (Å²) < 4.78 is 0. The Morgan fingerprint density at radius 2 is 2.00 bits per heavy atom. The first-order chi connectivity index (χ1) is 7.79. The van der Waals surface area contributed by atoms with E-state index in [2.05, 4.69) is 10.6 Å². The molecule has 3 nitrogen and oxygen atoms in total. The molecular weight excluding hydrogens is 236 g/mol. The lowest BCUT2D eigenvalue weighted by Crippen LogP contribution is -2.41. The fraction of sp³-hybridized carbons (Fsp3) is 0.462. The summed E-state index contributed by atoms with van der Waals surface area (Å²) in [6, 6.07) is 5.47. The fourth-order valence-electron chi connectivity index (χ4n) is 1.28. The van der Waals surface area contributed by atoms with Crippen LogP contribution in [0.3, 0.4) is 0 Å². The Hall–Kier alpha value is -1.06. The Balaban J connectivity index is 2.60. The number of anilines is 1. The summed E-state index contributed by atoms with van der Waals surface area (Å²) in [5.74, 6) is -0.0645. The van der Waals surface area contributed by atoms with Gasteiger partial charge in [-0.2, -0.15) is 0 Å². The molecule has 0 spiro atoms. The molecule has 4 heteroatoms. The lowest BCUT2D eigenvalue weighted by Gasteiger charge is -2.20. The number of hydrogen-bond donors (Lipinski definition) is 2. The molecule has 1 amide bonds. The van der Waals surface area contributed by atoms with E-state index in [0.29, 0.717) is 5.02 Å². The minimum atomic E-state index is -0.0687. The van der Waals surface area contributed by atoms with Crippen LogP contribution in [0.25, 0.3) is 0 Å². The van der Waals surface area contributed by atoms with Crippen molar-refractivity contribution in [2.45, 2.75) is 33.2 Å². The smallest absolute Gasteiger partial charge is 0.238 e. The van der Waals surface area contributed by atoms with Crippen molar-refractivity contribution in [3.8, 4) is 0 Å². The van der Waals surface area contributed by atoms with Crippen molar-refractivity contribution in [1.82, 2.24) is 5.32 Å². The van der Waals surface area contributed by atoms with E-state index in [-0.39, 0.29) is 18.0 Å². The summed E-state index contributed by atoms with van der Waals surface area (Å²) in [6.07, 6.45) is 0. The molecule has 1 aromatic rings. The van der Waals surface area contributed by atoms with E-state index in [1.54, 1.807) is 6.07 Å². The first-order valence-electron chi connectivity index (χ1n) is 5.59. The average molecular weight is 255 g/mol. The first-order valence-corrected chi connectivity index (χ1v) is 5.97. The van der Waals surface area contributed by atoms with Crippen molar-refractivity contribution in [3.05, 3.63) is 28.8 Å². The third kappa shape index (κ3) is 4.75. The van der Waals surface area contributed by atoms with Crippen LogP contribution in [0, 0.1) is 6.92 Å². The van der Waals surface area contributed by atoms with Gasteiger partial charge in [0.2, 0.25) is 5.91 Å². The fourth-order valence-corrected chi connectivity index (χ4v) is 1.46. The summed E-state index contributed by atoms with van der Waals surface area (Å²) in [7, 11) is 0. The minimum Gasteiger partial charge on any atom is -0.325 e. The van der Waals surface area contributed by atoms with E-state index in [1.165, 1.54) is 0 Å². The lowest BCUT2D eigenvalue weighted by molar-refractivity contribution is -0.115. The Kier molecular flexibility index (Phi) is 4.54. The molecule has 94 valence electrons. The summed E-state index contributed by atoms with van der Waals surface area (Å²) >= 11 is 5.98. The molecule has 0 aliphatic carbocycles. The second-order valence-electron chi connectivity index (χ2n) is 5.06. The average Bonchev–Trinajstić information content (AvgIpc) is 2.21. The van der Waals surface area contributed by atoms with E-state index < -0.39 is 0 Å². The molecular formula is C13H19ClN2O. The predicted molar refractivity (Wildman–Crippen MR) is 72.6 cm³/mol. The van der Waals surface area contributed by atoms with Crippen molar-refractivity contribution in [2.24, 2.45) is 0 Å². The van der Waals surface area contributed by atoms with Crippen LogP contribution in [0.4, 0.5) is 5.69 Å². The highest BCUT2D eigenvalue weighted by molar-refractivity contribution is 6.31. The maximum atomic E-state index is 11.7. The summed E-state index contributed by atoms with van der Waals surface area (Å²) in [5, 5.41) is 6.63. The van der Waals surface area contributed by atoms with Crippen LogP contribution in [0.2, 0.25) is 5.02 Å². The second kappa shape index (κ2) is 5.52. The number of nitrogens with one attached hydrogen (secondary N) is 2. The molecule has 0 saturated carbocycles. The molecule has 0 atom stereocenters. The van der Waals surface area contributed by atoms with Crippen LogP contribution in [0.5, 0.6) is 0 Å². The molecule has 0 unspecified atom stereocenters. The predicted octanol–water partition coefficient (Wildman–Crippen LogP) is 2.98. The molecule has 0 bridgehead atoms. The highest BCUT2D eigenvalue weighted by Crippen LogP contribution is 2.22. The van der Waals surface area contributed by atoms with Gasteiger partial charge >= 0.3 is 0 Å². The van der Waals surface area contributed by atoms with Crippen LogP contribution in [-0.2, 0) is 4.79 Å². The third-order valence-electron chi connectivity index (χ3n) is 2.32. The van der Waals surface area contributed by atoms with Crippen LogP contribution in [0.15, 0.2) is 18.2 Å². The monoisotopic (exact) mass is 254 g/mol. The van der Waals surface area contributed by atoms with Crippen molar-refractivity contribution in [1.29, 1.82) is 0 Å².